The van der Waals surface area contributed by atoms with Crippen LogP contribution in [-0.2, 0) is 19.5 Å². The van der Waals surface area contributed by atoms with E-state index in [1.54, 1.807) is 32.1 Å². The molecule has 1 aliphatic heterocycles. The smallest absolute Gasteiger partial charge is 0.274 e. The third kappa shape index (κ3) is 4.09. The summed E-state index contributed by atoms with van der Waals surface area (Å²) in [5.41, 5.74) is 6.46. The average Bonchev–Trinajstić information content (AvgIpc) is 3.12. The van der Waals surface area contributed by atoms with E-state index in [4.69, 9.17) is 5.10 Å². The Labute approximate surface area is 190 Å². The maximum absolute atomic E-state index is 13.0. The summed E-state index contributed by atoms with van der Waals surface area (Å²) in [6, 6.07) is 8.35. The van der Waals surface area contributed by atoms with Gasteiger partial charge < -0.3 is 9.80 Å². The molecule has 32 heavy (non-hydrogen) atoms. The third-order valence-corrected chi connectivity index (χ3v) is 6.39. The first-order chi connectivity index (χ1) is 15.3. The molecule has 3 aromatic rings. The summed E-state index contributed by atoms with van der Waals surface area (Å²) >= 11 is 0. The highest BCUT2D eigenvalue weighted by Gasteiger charge is 2.30. The highest BCUT2D eigenvalue weighted by atomic mass is 31.0. The molecular weight excluding hydrogens is 422 g/mol. The molecule has 0 fully saturated rings. The molecule has 1 N–H and O–H groups in total. The van der Waals surface area contributed by atoms with E-state index >= 15 is 0 Å². The lowest BCUT2D eigenvalue weighted by Crippen LogP contribution is -2.34. The molecule has 2 atom stereocenters. The van der Waals surface area contributed by atoms with Gasteiger partial charge in [-0.25, -0.2) is 5.10 Å². The molecule has 166 valence electrons. The Bertz CT molecular complexity index is 1220. The molecular formula is C22H28BN6O2P. The van der Waals surface area contributed by atoms with Crippen molar-refractivity contribution in [1.29, 1.82) is 0 Å². The summed E-state index contributed by atoms with van der Waals surface area (Å²) < 4.78 is 1.98. The second-order valence-electron chi connectivity index (χ2n) is 8.50. The number of benzene rings is 1. The molecule has 2 aromatic heterocycles. The molecule has 0 aliphatic carbocycles. The lowest BCUT2D eigenvalue weighted by atomic mass is 9.92. The number of carbonyl (C=O) groups excluding carboxylic acids is 1. The quantitative estimate of drug-likeness (QED) is 0.465. The van der Waals surface area contributed by atoms with E-state index < -0.39 is 0 Å². The third-order valence-electron chi connectivity index (χ3n) is 6.03. The van der Waals surface area contributed by atoms with Gasteiger partial charge in [-0.05, 0) is 23.6 Å². The fraction of sp³-hybridized carbons (Fsp3) is 0.364. The van der Waals surface area contributed by atoms with Crippen LogP contribution in [-0.4, -0.2) is 59.3 Å². The zero-order chi connectivity index (χ0) is 23.0. The van der Waals surface area contributed by atoms with Gasteiger partial charge in [0.2, 0.25) is 0 Å². The normalized spacial score (nSPS) is 14.2. The number of fused-ring (bicyclic) bond motifs is 1. The van der Waals surface area contributed by atoms with Crippen LogP contribution >= 0.6 is 9.24 Å². The zero-order valence-corrected chi connectivity index (χ0v) is 20.1. The number of anilines is 1. The van der Waals surface area contributed by atoms with Crippen LogP contribution in [0.3, 0.4) is 0 Å². The van der Waals surface area contributed by atoms with Crippen LogP contribution < -0.4 is 10.5 Å². The SMILES string of the molecule is BC(P)c1ccccc1Cn1nc(C(=O)N(C)C)c2c1CCN(c1cn[nH]c(=O)c1C)C2. The first kappa shape index (κ1) is 22.3. The lowest BCUT2D eigenvalue weighted by Gasteiger charge is -2.30. The molecule has 0 saturated heterocycles. The Morgan fingerprint density at radius 2 is 2.09 bits per heavy atom. The number of rotatable bonds is 5. The highest BCUT2D eigenvalue weighted by Crippen LogP contribution is 2.30. The maximum Gasteiger partial charge on any atom is 0.274 e. The summed E-state index contributed by atoms with van der Waals surface area (Å²) in [4.78, 5) is 28.7. The molecule has 0 spiro atoms. The van der Waals surface area contributed by atoms with Gasteiger partial charge in [0, 0.05) is 50.4 Å². The second kappa shape index (κ2) is 8.90. The fourth-order valence-electron chi connectivity index (χ4n) is 4.26. The minimum atomic E-state index is -0.197. The van der Waals surface area contributed by atoms with E-state index in [0.29, 0.717) is 29.9 Å². The van der Waals surface area contributed by atoms with Crippen LogP contribution in [0.25, 0.3) is 0 Å². The standard InChI is InChI=1S/C22H28BN6O2P/c1-13-18(10-24-25-21(13)30)28-9-8-17-16(12-28)19(22(31)27(2)3)26-29(17)11-14-6-4-5-7-15(14)20(23)32/h4-7,10,20H,8-9,11-12,23,32H2,1-3H3,(H,25,30). The van der Waals surface area contributed by atoms with Gasteiger partial charge in [0.1, 0.15) is 7.85 Å². The van der Waals surface area contributed by atoms with Crippen molar-refractivity contribution in [3.8, 4) is 0 Å². The van der Waals surface area contributed by atoms with Crippen LogP contribution in [0.1, 0.15) is 44.0 Å². The fourth-order valence-corrected chi connectivity index (χ4v) is 4.59. The van der Waals surface area contributed by atoms with Crippen molar-refractivity contribution in [3.05, 3.63) is 74.5 Å². The van der Waals surface area contributed by atoms with Crippen molar-refractivity contribution in [3.63, 3.8) is 0 Å². The largest absolute Gasteiger partial charge is 0.365 e. The van der Waals surface area contributed by atoms with Crippen LogP contribution in [0.5, 0.6) is 0 Å². The monoisotopic (exact) mass is 450 g/mol. The molecule has 4 rings (SSSR count). The minimum Gasteiger partial charge on any atom is -0.365 e. The van der Waals surface area contributed by atoms with Crippen molar-refractivity contribution in [2.75, 3.05) is 25.5 Å². The first-order valence-electron chi connectivity index (χ1n) is 10.7. The summed E-state index contributed by atoms with van der Waals surface area (Å²) in [6.45, 7) is 3.64. The number of aromatic amines is 1. The lowest BCUT2D eigenvalue weighted by molar-refractivity contribution is 0.0820. The summed E-state index contributed by atoms with van der Waals surface area (Å²) in [6.07, 6.45) is 2.41. The number of hydrogen-bond acceptors (Lipinski definition) is 5. The molecule has 0 saturated carbocycles. The summed E-state index contributed by atoms with van der Waals surface area (Å²) in [5, 5.41) is 11.2. The zero-order valence-electron chi connectivity index (χ0n) is 18.9. The molecule has 0 bridgehead atoms. The Hall–Kier alpha value is -2.93. The predicted molar refractivity (Wildman–Crippen MR) is 131 cm³/mol. The van der Waals surface area contributed by atoms with Crippen molar-refractivity contribution >= 4 is 28.7 Å². The van der Waals surface area contributed by atoms with Crippen molar-refractivity contribution in [2.45, 2.75) is 32.0 Å². The summed E-state index contributed by atoms with van der Waals surface area (Å²) in [7, 11) is 8.49. The van der Waals surface area contributed by atoms with Crippen molar-refractivity contribution < 1.29 is 4.79 Å². The number of carbonyl (C=O) groups is 1. The van der Waals surface area contributed by atoms with Crippen LogP contribution in [0.15, 0.2) is 35.3 Å². The molecule has 1 aliphatic rings. The molecule has 10 heteroatoms. The second-order valence-corrected chi connectivity index (χ2v) is 9.50. The highest BCUT2D eigenvalue weighted by molar-refractivity contribution is 7.20. The van der Waals surface area contributed by atoms with Crippen LogP contribution in [0, 0.1) is 6.92 Å². The molecule has 2 unspecified atom stereocenters. The van der Waals surface area contributed by atoms with E-state index in [1.807, 2.05) is 10.7 Å². The van der Waals surface area contributed by atoms with Crippen molar-refractivity contribution in [1.82, 2.24) is 24.9 Å². The number of hydrogen-bond donors (Lipinski definition) is 1. The van der Waals surface area contributed by atoms with E-state index in [-0.39, 0.29) is 11.5 Å². The Morgan fingerprint density at radius 3 is 2.81 bits per heavy atom. The molecule has 1 amide bonds. The predicted octanol–water partition coefficient (Wildman–Crippen LogP) is 1.09. The Kier molecular flexibility index (Phi) is 6.20. The Balaban J connectivity index is 1.76. The van der Waals surface area contributed by atoms with Crippen LogP contribution in [0.2, 0.25) is 0 Å². The van der Waals surface area contributed by atoms with Gasteiger partial charge in [0.25, 0.3) is 11.5 Å². The van der Waals surface area contributed by atoms with Gasteiger partial charge in [-0.1, -0.05) is 24.3 Å². The van der Waals surface area contributed by atoms with Gasteiger partial charge in [-0.3, -0.25) is 14.3 Å². The van der Waals surface area contributed by atoms with Gasteiger partial charge in [-0.2, -0.15) is 10.2 Å². The van der Waals surface area contributed by atoms with E-state index in [2.05, 4.69) is 50.4 Å². The molecule has 8 nitrogen and oxygen atoms in total. The van der Waals surface area contributed by atoms with E-state index in [0.717, 1.165) is 29.9 Å². The minimum absolute atomic E-state index is 0.115. The molecule has 0 radical (unpaired) electrons. The van der Waals surface area contributed by atoms with Crippen molar-refractivity contribution in [2.24, 2.45) is 0 Å². The van der Waals surface area contributed by atoms with Gasteiger partial charge in [-0.15, -0.1) is 9.24 Å². The summed E-state index contributed by atoms with van der Waals surface area (Å²) in [5.74, 6) is -0.115. The van der Waals surface area contributed by atoms with Gasteiger partial charge in [0.15, 0.2) is 5.69 Å². The first-order valence-corrected chi connectivity index (χ1v) is 11.4. The number of amides is 1. The average molecular weight is 450 g/mol. The Morgan fingerprint density at radius 1 is 1.34 bits per heavy atom. The van der Waals surface area contributed by atoms with E-state index in [9.17, 15) is 9.59 Å². The van der Waals surface area contributed by atoms with Crippen LogP contribution in [0.4, 0.5) is 5.69 Å². The van der Waals surface area contributed by atoms with Gasteiger partial charge in [0.05, 0.1) is 18.4 Å². The van der Waals surface area contributed by atoms with E-state index in [1.165, 1.54) is 11.1 Å². The topological polar surface area (TPSA) is 87.1 Å². The van der Waals surface area contributed by atoms with Gasteiger partial charge >= 0.3 is 0 Å². The molecule has 1 aromatic carbocycles. The number of nitrogens with zero attached hydrogens (tertiary/aromatic N) is 5. The number of aromatic nitrogens is 4. The number of nitrogens with one attached hydrogen (secondary N) is 1. The maximum atomic E-state index is 13.0. The molecule has 3 heterocycles. The number of H-pyrrole nitrogens is 1.